The number of fused-ring (bicyclic) bond motifs is 1. The predicted molar refractivity (Wildman–Crippen MR) is 97.5 cm³/mol. The maximum absolute atomic E-state index is 11.8. The molecule has 26 heavy (non-hydrogen) atoms. The summed E-state index contributed by atoms with van der Waals surface area (Å²) in [7, 11) is 1.36. The lowest BCUT2D eigenvalue weighted by Gasteiger charge is -2.00. The van der Waals surface area contributed by atoms with Crippen molar-refractivity contribution < 1.29 is 13.9 Å². The zero-order valence-electron chi connectivity index (χ0n) is 13.8. The van der Waals surface area contributed by atoms with Crippen molar-refractivity contribution in [2.75, 3.05) is 7.11 Å². The van der Waals surface area contributed by atoms with Crippen LogP contribution in [0.3, 0.4) is 0 Å². The third kappa shape index (κ3) is 3.49. The Hall–Kier alpha value is -2.65. The average molecular weight is 386 g/mol. The number of nitrogens with zero attached hydrogens (tertiary/aromatic N) is 4. The minimum Gasteiger partial charge on any atom is -0.465 e. The molecule has 0 aliphatic heterocycles. The standard InChI is InChI=1S/C17H14N4O3S2/c1-23-16(22)13-5-2-6-21-9-11(18-15(13)21)10-26-17-20-19-14(24-17)8-12-4-3-7-25-12/h2-7,9H,8,10H2,1H3. The molecular weight excluding hydrogens is 372 g/mol. The van der Waals surface area contributed by atoms with E-state index in [4.69, 9.17) is 9.15 Å². The zero-order chi connectivity index (χ0) is 17.9. The van der Waals surface area contributed by atoms with Gasteiger partial charge in [0.1, 0.15) is 5.56 Å². The molecule has 4 heterocycles. The third-order valence-electron chi connectivity index (χ3n) is 3.64. The Labute approximate surface area is 157 Å². The van der Waals surface area contributed by atoms with Crippen molar-refractivity contribution in [2.45, 2.75) is 17.4 Å². The molecule has 0 N–H and O–H groups in total. The van der Waals surface area contributed by atoms with Crippen molar-refractivity contribution >= 4 is 34.7 Å². The number of thioether (sulfide) groups is 1. The number of methoxy groups -OCH3 is 1. The Balaban J connectivity index is 1.46. The lowest BCUT2D eigenvalue weighted by molar-refractivity contribution is 0.0602. The molecule has 0 aliphatic rings. The number of carbonyl (C=O) groups is 1. The van der Waals surface area contributed by atoms with E-state index in [-0.39, 0.29) is 0 Å². The first-order valence-electron chi connectivity index (χ1n) is 7.75. The molecule has 4 aromatic rings. The van der Waals surface area contributed by atoms with E-state index in [0.29, 0.717) is 34.5 Å². The van der Waals surface area contributed by atoms with Gasteiger partial charge in [0.2, 0.25) is 5.89 Å². The highest BCUT2D eigenvalue weighted by molar-refractivity contribution is 7.98. The van der Waals surface area contributed by atoms with Gasteiger partial charge in [0.05, 0.1) is 19.2 Å². The number of imidazole rings is 1. The van der Waals surface area contributed by atoms with Gasteiger partial charge in [-0.2, -0.15) is 0 Å². The zero-order valence-corrected chi connectivity index (χ0v) is 15.4. The number of ether oxygens (including phenoxy) is 1. The Morgan fingerprint density at radius 2 is 2.27 bits per heavy atom. The fourth-order valence-corrected chi connectivity index (χ4v) is 3.83. The van der Waals surface area contributed by atoms with Crippen LogP contribution in [-0.2, 0) is 16.9 Å². The van der Waals surface area contributed by atoms with Crippen molar-refractivity contribution in [1.82, 2.24) is 19.6 Å². The maximum Gasteiger partial charge on any atom is 0.341 e. The van der Waals surface area contributed by atoms with Gasteiger partial charge in [-0.05, 0) is 23.6 Å². The van der Waals surface area contributed by atoms with Gasteiger partial charge in [-0.15, -0.1) is 21.5 Å². The number of aromatic nitrogens is 4. The molecule has 0 amide bonds. The molecule has 4 aromatic heterocycles. The molecule has 0 saturated carbocycles. The molecule has 0 unspecified atom stereocenters. The van der Waals surface area contributed by atoms with Crippen LogP contribution in [0.15, 0.2) is 51.7 Å². The summed E-state index contributed by atoms with van der Waals surface area (Å²) < 4.78 is 12.3. The van der Waals surface area contributed by atoms with Crippen LogP contribution in [0.2, 0.25) is 0 Å². The van der Waals surface area contributed by atoms with Gasteiger partial charge in [-0.3, -0.25) is 0 Å². The molecule has 9 heteroatoms. The van der Waals surface area contributed by atoms with E-state index >= 15 is 0 Å². The highest BCUT2D eigenvalue weighted by Gasteiger charge is 2.14. The first-order chi connectivity index (χ1) is 12.7. The van der Waals surface area contributed by atoms with E-state index in [2.05, 4.69) is 15.2 Å². The van der Waals surface area contributed by atoms with Gasteiger partial charge >= 0.3 is 5.97 Å². The number of hydrogen-bond donors (Lipinski definition) is 0. The molecule has 0 saturated heterocycles. The number of esters is 1. The van der Waals surface area contributed by atoms with Crippen LogP contribution in [0.25, 0.3) is 5.65 Å². The van der Waals surface area contributed by atoms with Gasteiger partial charge in [0, 0.05) is 23.0 Å². The lowest BCUT2D eigenvalue weighted by Crippen LogP contribution is -2.03. The van der Waals surface area contributed by atoms with Crippen LogP contribution in [0.5, 0.6) is 0 Å². The summed E-state index contributed by atoms with van der Waals surface area (Å²) in [5, 5.41) is 10.7. The largest absolute Gasteiger partial charge is 0.465 e. The van der Waals surface area contributed by atoms with Crippen molar-refractivity contribution in [3.05, 3.63) is 64.1 Å². The molecule has 4 rings (SSSR count). The quantitative estimate of drug-likeness (QED) is 0.371. The summed E-state index contributed by atoms with van der Waals surface area (Å²) in [6.07, 6.45) is 4.36. The topological polar surface area (TPSA) is 82.5 Å². The second kappa shape index (κ2) is 7.30. The van der Waals surface area contributed by atoms with Crippen molar-refractivity contribution in [3.63, 3.8) is 0 Å². The summed E-state index contributed by atoms with van der Waals surface area (Å²) in [6.45, 7) is 0. The van der Waals surface area contributed by atoms with Crippen molar-refractivity contribution in [2.24, 2.45) is 0 Å². The van der Waals surface area contributed by atoms with Crippen LogP contribution in [-0.4, -0.2) is 32.7 Å². The van der Waals surface area contributed by atoms with E-state index in [9.17, 15) is 4.79 Å². The number of rotatable bonds is 6. The van der Waals surface area contributed by atoms with Gasteiger partial charge in [0.25, 0.3) is 5.22 Å². The van der Waals surface area contributed by atoms with E-state index in [1.165, 1.54) is 23.7 Å². The van der Waals surface area contributed by atoms with Crippen LogP contribution in [0, 0.1) is 0 Å². The van der Waals surface area contributed by atoms with Crippen molar-refractivity contribution in [1.29, 1.82) is 0 Å². The molecule has 0 spiro atoms. The van der Waals surface area contributed by atoms with Crippen LogP contribution in [0.1, 0.15) is 26.8 Å². The van der Waals surface area contributed by atoms with Gasteiger partial charge in [-0.1, -0.05) is 17.8 Å². The SMILES string of the molecule is COC(=O)c1cccn2cc(CSc3nnc(Cc4cccs4)o3)nc12. The Morgan fingerprint density at radius 1 is 1.35 bits per heavy atom. The van der Waals surface area contributed by atoms with Crippen molar-refractivity contribution in [3.8, 4) is 0 Å². The second-order valence-corrected chi connectivity index (χ2v) is 7.34. The van der Waals surface area contributed by atoms with Gasteiger partial charge in [0.15, 0.2) is 5.65 Å². The summed E-state index contributed by atoms with van der Waals surface area (Å²) in [4.78, 5) is 17.5. The van der Waals surface area contributed by atoms with Crippen LogP contribution >= 0.6 is 23.1 Å². The Bertz CT molecular complexity index is 1040. The lowest BCUT2D eigenvalue weighted by atomic mass is 10.3. The van der Waals surface area contributed by atoms with Crippen LogP contribution < -0.4 is 0 Å². The van der Waals surface area contributed by atoms with E-state index in [1.807, 2.05) is 29.9 Å². The molecule has 0 atom stereocenters. The molecule has 0 fully saturated rings. The monoisotopic (exact) mass is 386 g/mol. The second-order valence-electron chi connectivity index (χ2n) is 5.38. The normalized spacial score (nSPS) is 11.1. The number of pyridine rings is 1. The molecular formula is C17H14N4O3S2. The highest BCUT2D eigenvalue weighted by atomic mass is 32.2. The summed E-state index contributed by atoms with van der Waals surface area (Å²) >= 11 is 3.07. The Kier molecular flexibility index (Phi) is 4.72. The third-order valence-corrected chi connectivity index (χ3v) is 5.36. The first kappa shape index (κ1) is 16.8. The predicted octanol–water partition coefficient (Wildman–Crippen LogP) is 3.45. The minimum absolute atomic E-state index is 0.407. The smallest absolute Gasteiger partial charge is 0.341 e. The molecule has 0 aliphatic carbocycles. The number of thiophene rings is 1. The number of carbonyl (C=O) groups excluding carboxylic acids is 1. The average Bonchev–Trinajstić information content (AvgIpc) is 3.39. The molecule has 7 nitrogen and oxygen atoms in total. The fraction of sp³-hybridized carbons (Fsp3) is 0.176. The molecule has 0 bridgehead atoms. The summed E-state index contributed by atoms with van der Waals surface area (Å²) in [6, 6.07) is 7.52. The van der Waals surface area contributed by atoms with E-state index < -0.39 is 5.97 Å². The molecule has 0 radical (unpaired) electrons. The first-order valence-corrected chi connectivity index (χ1v) is 9.62. The van der Waals surface area contributed by atoms with E-state index in [0.717, 1.165) is 5.69 Å². The van der Waals surface area contributed by atoms with E-state index in [1.54, 1.807) is 27.9 Å². The van der Waals surface area contributed by atoms with Gasteiger partial charge in [-0.25, -0.2) is 9.78 Å². The number of hydrogen-bond acceptors (Lipinski definition) is 8. The summed E-state index contributed by atoms with van der Waals surface area (Å²) in [5.41, 5.74) is 1.81. The highest BCUT2D eigenvalue weighted by Crippen LogP contribution is 2.23. The minimum atomic E-state index is -0.407. The molecule has 132 valence electrons. The molecule has 0 aromatic carbocycles. The fourth-order valence-electron chi connectivity index (χ4n) is 2.47. The van der Waals surface area contributed by atoms with Crippen LogP contribution in [0.4, 0.5) is 0 Å². The summed E-state index contributed by atoms with van der Waals surface area (Å²) in [5.74, 6) is 0.747. The van der Waals surface area contributed by atoms with Gasteiger partial charge < -0.3 is 13.6 Å². The Morgan fingerprint density at radius 3 is 3.08 bits per heavy atom. The maximum atomic E-state index is 11.8.